The molecular formula is C15H21ClN4. The van der Waals surface area contributed by atoms with Gasteiger partial charge in [0, 0.05) is 13.1 Å². The van der Waals surface area contributed by atoms with Crippen molar-refractivity contribution < 1.29 is 0 Å². The zero-order chi connectivity index (χ0) is 14.1. The van der Waals surface area contributed by atoms with E-state index >= 15 is 0 Å². The molecule has 0 bridgehead atoms. The van der Waals surface area contributed by atoms with Crippen molar-refractivity contribution in [1.82, 2.24) is 14.5 Å². The molecule has 0 spiro atoms. The molecule has 1 aromatic heterocycles. The molecule has 1 unspecified atom stereocenters. The molecule has 108 valence electrons. The van der Waals surface area contributed by atoms with Crippen LogP contribution in [0, 0.1) is 5.92 Å². The Morgan fingerprint density at radius 3 is 2.80 bits per heavy atom. The fraction of sp³-hybridized carbons (Fsp3) is 0.533. The van der Waals surface area contributed by atoms with Crippen LogP contribution in [0.15, 0.2) is 18.2 Å². The number of benzene rings is 1. The number of rotatable bonds is 4. The van der Waals surface area contributed by atoms with Gasteiger partial charge in [-0.2, -0.15) is 0 Å². The molecule has 1 fully saturated rings. The predicted octanol–water partition coefficient (Wildman–Crippen LogP) is 3.00. The summed E-state index contributed by atoms with van der Waals surface area (Å²) in [5.74, 6) is 1.09. The van der Waals surface area contributed by atoms with E-state index in [0.717, 1.165) is 29.1 Å². The summed E-state index contributed by atoms with van der Waals surface area (Å²) in [4.78, 5) is 6.93. The molecule has 1 aromatic carbocycles. The van der Waals surface area contributed by atoms with E-state index < -0.39 is 0 Å². The van der Waals surface area contributed by atoms with E-state index in [4.69, 9.17) is 17.3 Å². The van der Waals surface area contributed by atoms with Crippen LogP contribution in [0.2, 0.25) is 5.02 Å². The SMILES string of the molecule is CC(CN1CCCC1)Cn1c(N)nc2cccc(Cl)c21. The Morgan fingerprint density at radius 2 is 2.05 bits per heavy atom. The zero-order valence-electron chi connectivity index (χ0n) is 11.8. The Balaban J connectivity index is 1.81. The van der Waals surface area contributed by atoms with Crippen molar-refractivity contribution in [2.75, 3.05) is 25.4 Å². The van der Waals surface area contributed by atoms with Gasteiger partial charge < -0.3 is 15.2 Å². The molecule has 1 atom stereocenters. The summed E-state index contributed by atoms with van der Waals surface area (Å²) in [6.45, 7) is 6.70. The van der Waals surface area contributed by atoms with Gasteiger partial charge in [0.1, 0.15) is 0 Å². The van der Waals surface area contributed by atoms with Crippen LogP contribution in [0.1, 0.15) is 19.8 Å². The first-order valence-electron chi connectivity index (χ1n) is 7.27. The average Bonchev–Trinajstić information content (AvgIpc) is 2.99. The highest BCUT2D eigenvalue weighted by Gasteiger charge is 2.17. The van der Waals surface area contributed by atoms with Gasteiger partial charge >= 0.3 is 0 Å². The van der Waals surface area contributed by atoms with E-state index in [9.17, 15) is 0 Å². The van der Waals surface area contributed by atoms with Crippen molar-refractivity contribution in [2.24, 2.45) is 5.92 Å². The van der Waals surface area contributed by atoms with Crippen LogP contribution in [0.25, 0.3) is 11.0 Å². The van der Waals surface area contributed by atoms with Gasteiger partial charge in [-0.25, -0.2) is 4.98 Å². The van der Waals surface area contributed by atoms with Crippen molar-refractivity contribution in [3.8, 4) is 0 Å². The summed E-state index contributed by atoms with van der Waals surface area (Å²) in [6, 6.07) is 5.76. The summed E-state index contributed by atoms with van der Waals surface area (Å²) in [7, 11) is 0. The minimum Gasteiger partial charge on any atom is -0.369 e. The molecular weight excluding hydrogens is 272 g/mol. The topological polar surface area (TPSA) is 47.1 Å². The summed E-state index contributed by atoms with van der Waals surface area (Å²) >= 11 is 6.30. The smallest absolute Gasteiger partial charge is 0.201 e. The maximum Gasteiger partial charge on any atom is 0.201 e. The normalized spacial score (nSPS) is 17.9. The number of halogens is 1. The number of para-hydroxylation sites is 1. The number of aromatic nitrogens is 2. The van der Waals surface area contributed by atoms with E-state index in [0.29, 0.717) is 11.9 Å². The lowest BCUT2D eigenvalue weighted by atomic mass is 10.1. The van der Waals surface area contributed by atoms with Crippen molar-refractivity contribution in [2.45, 2.75) is 26.3 Å². The lowest BCUT2D eigenvalue weighted by molar-refractivity contribution is 0.273. The van der Waals surface area contributed by atoms with Gasteiger partial charge in [0.05, 0.1) is 16.1 Å². The second-order valence-electron chi connectivity index (χ2n) is 5.80. The van der Waals surface area contributed by atoms with Crippen molar-refractivity contribution in [3.63, 3.8) is 0 Å². The van der Waals surface area contributed by atoms with E-state index in [2.05, 4.69) is 21.4 Å². The summed E-state index contributed by atoms with van der Waals surface area (Å²) in [5, 5.41) is 0.722. The van der Waals surface area contributed by atoms with Crippen molar-refractivity contribution in [1.29, 1.82) is 0 Å². The van der Waals surface area contributed by atoms with Gasteiger partial charge in [-0.1, -0.05) is 24.6 Å². The number of imidazole rings is 1. The first kappa shape index (κ1) is 13.7. The Hall–Kier alpha value is -1.26. The Morgan fingerprint density at radius 1 is 1.30 bits per heavy atom. The molecule has 20 heavy (non-hydrogen) atoms. The lowest BCUT2D eigenvalue weighted by Crippen LogP contribution is -2.27. The standard InChI is InChI=1S/C15H21ClN4/c1-11(9-19-7-2-3-8-19)10-20-14-12(16)5-4-6-13(14)18-15(20)17/h4-6,11H,2-3,7-10H2,1H3,(H2,17,18). The third-order valence-corrected chi connectivity index (χ3v) is 4.31. The minimum absolute atomic E-state index is 0.532. The molecule has 1 aliphatic heterocycles. The molecule has 0 amide bonds. The van der Waals surface area contributed by atoms with Crippen LogP contribution in [0.3, 0.4) is 0 Å². The minimum atomic E-state index is 0.532. The van der Waals surface area contributed by atoms with Gasteiger partial charge in [-0.15, -0.1) is 0 Å². The quantitative estimate of drug-likeness (QED) is 0.942. The van der Waals surface area contributed by atoms with Gasteiger partial charge in [0.25, 0.3) is 0 Å². The van der Waals surface area contributed by atoms with Crippen LogP contribution < -0.4 is 5.73 Å². The van der Waals surface area contributed by atoms with Gasteiger partial charge in [0.15, 0.2) is 0 Å². The number of nitrogens with two attached hydrogens (primary N) is 1. The highest BCUT2D eigenvalue weighted by molar-refractivity contribution is 6.35. The Bertz CT molecular complexity index is 601. The van der Waals surface area contributed by atoms with Crippen LogP contribution in [-0.2, 0) is 6.54 Å². The highest BCUT2D eigenvalue weighted by Crippen LogP contribution is 2.26. The number of fused-ring (bicyclic) bond motifs is 1. The Labute approximate surface area is 124 Å². The number of hydrogen-bond donors (Lipinski definition) is 1. The molecule has 1 aliphatic rings. The molecule has 5 heteroatoms. The first-order chi connectivity index (χ1) is 9.65. The largest absolute Gasteiger partial charge is 0.369 e. The molecule has 2 N–H and O–H groups in total. The molecule has 2 aromatic rings. The number of likely N-dealkylation sites (tertiary alicyclic amines) is 1. The third kappa shape index (κ3) is 2.63. The van der Waals surface area contributed by atoms with Gasteiger partial charge in [-0.3, -0.25) is 0 Å². The van der Waals surface area contributed by atoms with Gasteiger partial charge in [0.2, 0.25) is 5.95 Å². The van der Waals surface area contributed by atoms with Crippen LogP contribution in [-0.4, -0.2) is 34.1 Å². The molecule has 4 nitrogen and oxygen atoms in total. The first-order valence-corrected chi connectivity index (χ1v) is 7.65. The zero-order valence-corrected chi connectivity index (χ0v) is 12.6. The fourth-order valence-electron chi connectivity index (χ4n) is 3.12. The second kappa shape index (κ2) is 5.62. The fourth-order valence-corrected chi connectivity index (χ4v) is 3.39. The second-order valence-corrected chi connectivity index (χ2v) is 6.21. The molecule has 3 rings (SSSR count). The molecule has 0 saturated carbocycles. The van der Waals surface area contributed by atoms with Crippen LogP contribution in [0.5, 0.6) is 0 Å². The molecule has 0 radical (unpaired) electrons. The monoisotopic (exact) mass is 292 g/mol. The van der Waals surface area contributed by atoms with E-state index in [1.165, 1.54) is 25.9 Å². The lowest BCUT2D eigenvalue weighted by Gasteiger charge is -2.21. The number of anilines is 1. The maximum absolute atomic E-state index is 6.30. The summed E-state index contributed by atoms with van der Waals surface area (Å²) in [6.07, 6.45) is 2.66. The Kier molecular flexibility index (Phi) is 3.85. The maximum atomic E-state index is 6.30. The van der Waals surface area contributed by atoms with Crippen LogP contribution in [0.4, 0.5) is 5.95 Å². The molecule has 0 aliphatic carbocycles. The van der Waals surface area contributed by atoms with Crippen molar-refractivity contribution >= 4 is 28.6 Å². The summed E-state index contributed by atoms with van der Waals surface area (Å²) in [5.41, 5.74) is 7.89. The van der Waals surface area contributed by atoms with E-state index in [-0.39, 0.29) is 0 Å². The van der Waals surface area contributed by atoms with Gasteiger partial charge in [-0.05, 0) is 44.0 Å². The highest BCUT2D eigenvalue weighted by atomic mass is 35.5. The number of nitrogens with zero attached hydrogens (tertiary/aromatic N) is 3. The third-order valence-electron chi connectivity index (χ3n) is 4.01. The molecule has 1 saturated heterocycles. The molecule has 2 heterocycles. The van der Waals surface area contributed by atoms with E-state index in [1.54, 1.807) is 0 Å². The number of hydrogen-bond acceptors (Lipinski definition) is 3. The van der Waals surface area contributed by atoms with E-state index in [1.807, 2.05) is 18.2 Å². The van der Waals surface area contributed by atoms with Crippen molar-refractivity contribution in [3.05, 3.63) is 23.2 Å². The predicted molar refractivity (Wildman–Crippen MR) is 84.0 cm³/mol. The summed E-state index contributed by atoms with van der Waals surface area (Å²) < 4.78 is 2.05. The average molecular weight is 293 g/mol. The number of nitrogen functional groups attached to an aromatic ring is 1. The van der Waals surface area contributed by atoms with Crippen LogP contribution >= 0.6 is 11.6 Å².